The molecule has 148 valence electrons. The molecule has 27 heavy (non-hydrogen) atoms. The molecule has 0 fully saturated rings. The third-order valence-corrected chi connectivity index (χ3v) is 4.49. The maximum Gasteiger partial charge on any atom is 0.191 e. The van der Waals surface area contributed by atoms with E-state index in [-0.39, 0.29) is 36.1 Å². The topological polar surface area (TPSA) is 76.4 Å². The van der Waals surface area contributed by atoms with Crippen molar-refractivity contribution in [3.8, 4) is 5.75 Å². The minimum Gasteiger partial charge on any atom is -0.489 e. The average molecular weight is 484 g/mol. The van der Waals surface area contributed by atoms with Crippen molar-refractivity contribution in [2.24, 2.45) is 4.99 Å². The molecule has 2 N–H and O–H groups in total. The Labute approximate surface area is 178 Å². The van der Waals surface area contributed by atoms with E-state index in [1.165, 1.54) is 0 Å². The van der Waals surface area contributed by atoms with Crippen molar-refractivity contribution in [2.45, 2.75) is 52.3 Å². The summed E-state index contributed by atoms with van der Waals surface area (Å²) in [6.45, 7) is 7.62. The number of hydrogen-bond acceptors (Lipinski definition) is 4. The molecule has 7 nitrogen and oxygen atoms in total. The summed E-state index contributed by atoms with van der Waals surface area (Å²) in [7, 11) is 1.78. The van der Waals surface area contributed by atoms with Gasteiger partial charge in [-0.05, 0) is 45.2 Å². The monoisotopic (exact) mass is 484 g/mol. The number of rotatable bonds is 5. The zero-order valence-corrected chi connectivity index (χ0v) is 18.7. The van der Waals surface area contributed by atoms with Crippen LogP contribution in [0.25, 0.3) is 0 Å². The first-order chi connectivity index (χ1) is 12.6. The molecule has 0 bridgehead atoms. The fourth-order valence-corrected chi connectivity index (χ4v) is 3.15. The Hall–Kier alpha value is -1.84. The van der Waals surface area contributed by atoms with Crippen LogP contribution in [0.4, 0.5) is 0 Å². The molecule has 8 heteroatoms. The maximum absolute atomic E-state index is 6.02. The minimum absolute atomic E-state index is 0. The van der Waals surface area contributed by atoms with Crippen molar-refractivity contribution in [2.75, 3.05) is 13.6 Å². The second-order valence-electron chi connectivity index (χ2n) is 6.73. The number of ether oxygens (including phenoxy) is 1. The van der Waals surface area contributed by atoms with Crippen molar-refractivity contribution in [3.63, 3.8) is 0 Å². The lowest BCUT2D eigenvalue weighted by Crippen LogP contribution is -2.44. The van der Waals surface area contributed by atoms with Crippen molar-refractivity contribution < 1.29 is 4.74 Å². The fourth-order valence-electron chi connectivity index (χ4n) is 3.15. The smallest absolute Gasteiger partial charge is 0.191 e. The molecular formula is C19H29IN6O. The summed E-state index contributed by atoms with van der Waals surface area (Å²) in [4.78, 5) is 8.90. The van der Waals surface area contributed by atoms with Crippen LogP contribution in [-0.2, 0) is 6.54 Å². The molecule has 3 rings (SSSR count). The van der Waals surface area contributed by atoms with E-state index in [9.17, 15) is 0 Å². The quantitative estimate of drug-likeness (QED) is 0.388. The number of aryl methyl sites for hydroxylation is 3. The third kappa shape index (κ3) is 5.57. The second-order valence-corrected chi connectivity index (χ2v) is 6.73. The highest BCUT2D eigenvalue weighted by atomic mass is 127. The fraction of sp³-hybridized carbons (Fsp3) is 0.526. The summed E-state index contributed by atoms with van der Waals surface area (Å²) in [5.74, 6) is 3.47. The van der Waals surface area contributed by atoms with Crippen LogP contribution in [0.15, 0.2) is 29.3 Å². The summed E-state index contributed by atoms with van der Waals surface area (Å²) in [6, 6.07) is 8.18. The van der Waals surface area contributed by atoms with Gasteiger partial charge in [0.15, 0.2) is 5.96 Å². The molecule has 1 aromatic heterocycles. The van der Waals surface area contributed by atoms with Gasteiger partial charge in [-0.2, -0.15) is 5.10 Å². The first-order valence-electron chi connectivity index (χ1n) is 9.17. The molecular weight excluding hydrogens is 455 g/mol. The Balaban J connectivity index is 0.00000261. The van der Waals surface area contributed by atoms with E-state index in [2.05, 4.69) is 38.7 Å². The lowest BCUT2D eigenvalue weighted by molar-refractivity contribution is 0.222. The number of halogens is 1. The molecule has 1 aromatic carbocycles. The molecule has 0 aliphatic carbocycles. The number of nitrogens with zero attached hydrogens (tertiary/aromatic N) is 4. The highest BCUT2D eigenvalue weighted by molar-refractivity contribution is 14.0. The molecule has 1 aliphatic rings. The predicted molar refractivity (Wildman–Crippen MR) is 118 cm³/mol. The van der Waals surface area contributed by atoms with E-state index < -0.39 is 0 Å². The number of para-hydroxylation sites is 1. The van der Waals surface area contributed by atoms with Crippen LogP contribution in [0.3, 0.4) is 0 Å². The number of nitrogens with one attached hydrogen (secondary N) is 2. The van der Waals surface area contributed by atoms with Gasteiger partial charge in [0, 0.05) is 13.6 Å². The Morgan fingerprint density at radius 1 is 1.37 bits per heavy atom. The van der Waals surface area contributed by atoms with Gasteiger partial charge in [0.1, 0.15) is 23.5 Å². The summed E-state index contributed by atoms with van der Waals surface area (Å²) >= 11 is 0. The van der Waals surface area contributed by atoms with Crippen LogP contribution in [0.5, 0.6) is 5.75 Å². The van der Waals surface area contributed by atoms with E-state index in [1.807, 2.05) is 36.7 Å². The van der Waals surface area contributed by atoms with Crippen LogP contribution < -0.4 is 15.4 Å². The van der Waals surface area contributed by atoms with Gasteiger partial charge in [-0.15, -0.1) is 24.0 Å². The number of hydrogen-bond donors (Lipinski definition) is 2. The maximum atomic E-state index is 6.02. The number of guanidine groups is 1. The summed E-state index contributed by atoms with van der Waals surface area (Å²) < 4.78 is 8.01. The molecule has 0 saturated carbocycles. The average Bonchev–Trinajstić information content (AvgIpc) is 3.01. The number of fused-ring (bicyclic) bond motifs is 1. The van der Waals surface area contributed by atoms with E-state index in [4.69, 9.17) is 4.74 Å². The molecule has 2 heterocycles. The lowest BCUT2D eigenvalue weighted by Gasteiger charge is -2.25. The van der Waals surface area contributed by atoms with Gasteiger partial charge in [-0.25, -0.2) is 9.67 Å². The zero-order chi connectivity index (χ0) is 18.5. The lowest BCUT2D eigenvalue weighted by atomic mass is 10.1. The summed E-state index contributed by atoms with van der Waals surface area (Å²) in [6.07, 6.45) is 2.12. The van der Waals surface area contributed by atoms with E-state index in [1.54, 1.807) is 7.05 Å². The van der Waals surface area contributed by atoms with Crippen LogP contribution in [0, 0.1) is 13.8 Å². The molecule has 2 atom stereocenters. The Morgan fingerprint density at radius 3 is 2.89 bits per heavy atom. The first-order valence-corrected chi connectivity index (χ1v) is 9.17. The molecule has 0 spiro atoms. The van der Waals surface area contributed by atoms with E-state index in [0.717, 1.165) is 48.3 Å². The standard InChI is InChI=1S/C19H28N6O.HI/c1-13-8-5-6-10-17(13)26-14(2)12-21-19(20-4)23-16-9-7-11-25-18(16)22-15(3)24-25;/h5-6,8,10,14,16H,7,9,11-12H2,1-4H3,(H2,20,21,23);1H. The molecule has 2 aromatic rings. The van der Waals surface area contributed by atoms with Crippen molar-refractivity contribution in [1.82, 2.24) is 25.4 Å². The Morgan fingerprint density at radius 2 is 2.15 bits per heavy atom. The minimum atomic E-state index is 0. The van der Waals surface area contributed by atoms with Crippen LogP contribution in [0.1, 0.15) is 43.0 Å². The molecule has 0 amide bonds. The van der Waals surface area contributed by atoms with Gasteiger partial charge in [-0.1, -0.05) is 18.2 Å². The van der Waals surface area contributed by atoms with Gasteiger partial charge < -0.3 is 15.4 Å². The zero-order valence-electron chi connectivity index (χ0n) is 16.4. The van der Waals surface area contributed by atoms with Gasteiger partial charge in [0.25, 0.3) is 0 Å². The highest BCUT2D eigenvalue weighted by Gasteiger charge is 2.24. The highest BCUT2D eigenvalue weighted by Crippen LogP contribution is 2.22. The SMILES string of the molecule is CN=C(NCC(C)Oc1ccccc1C)NC1CCCn2nc(C)nc21.I. The first kappa shape index (κ1) is 21.5. The van der Waals surface area contributed by atoms with Gasteiger partial charge in [-0.3, -0.25) is 4.99 Å². The molecule has 0 saturated heterocycles. The van der Waals surface area contributed by atoms with Crippen LogP contribution in [0.2, 0.25) is 0 Å². The van der Waals surface area contributed by atoms with Crippen LogP contribution >= 0.6 is 24.0 Å². The largest absolute Gasteiger partial charge is 0.489 e. The molecule has 1 aliphatic heterocycles. The number of benzene rings is 1. The molecule has 2 unspecified atom stereocenters. The third-order valence-electron chi connectivity index (χ3n) is 4.49. The summed E-state index contributed by atoms with van der Waals surface area (Å²) in [5.41, 5.74) is 1.14. The van der Waals surface area contributed by atoms with E-state index in [0.29, 0.717) is 6.54 Å². The Bertz CT molecular complexity index is 775. The van der Waals surface area contributed by atoms with Crippen molar-refractivity contribution >= 4 is 29.9 Å². The van der Waals surface area contributed by atoms with Crippen LogP contribution in [-0.4, -0.2) is 40.4 Å². The van der Waals surface area contributed by atoms with Crippen molar-refractivity contribution in [3.05, 3.63) is 41.5 Å². The predicted octanol–water partition coefficient (Wildman–Crippen LogP) is 2.98. The van der Waals surface area contributed by atoms with Gasteiger partial charge in [0.2, 0.25) is 0 Å². The summed E-state index contributed by atoms with van der Waals surface area (Å²) in [5, 5.41) is 11.3. The Kier molecular flexibility index (Phi) is 7.88. The van der Waals surface area contributed by atoms with E-state index >= 15 is 0 Å². The number of aromatic nitrogens is 3. The molecule has 0 radical (unpaired) electrons. The van der Waals surface area contributed by atoms with Gasteiger partial charge >= 0.3 is 0 Å². The normalized spacial score (nSPS) is 17.5. The second kappa shape index (κ2) is 9.91. The number of aliphatic imine (C=N–C) groups is 1. The van der Waals surface area contributed by atoms with Crippen molar-refractivity contribution in [1.29, 1.82) is 0 Å². The van der Waals surface area contributed by atoms with Gasteiger partial charge in [0.05, 0.1) is 12.6 Å².